The molecule has 0 saturated heterocycles. The summed E-state index contributed by atoms with van der Waals surface area (Å²) in [6.45, 7) is 8.78. The van der Waals surface area contributed by atoms with Crippen LogP contribution in [0.2, 0.25) is 0 Å². The van der Waals surface area contributed by atoms with Crippen LogP contribution in [0.4, 0.5) is 5.69 Å². The molecule has 21 heavy (non-hydrogen) atoms. The molecule has 0 fully saturated rings. The highest BCUT2D eigenvalue weighted by molar-refractivity contribution is 5.99. The van der Waals surface area contributed by atoms with Crippen LogP contribution in [0, 0.1) is 6.92 Å². The smallest absolute Gasteiger partial charge is 0.255 e. The SMILES string of the molecule is CCCCOCCNC(=O)c1cnc(C)cc1NCCC. The third-order valence-electron chi connectivity index (χ3n) is 3.02. The van der Waals surface area contributed by atoms with Gasteiger partial charge < -0.3 is 15.4 Å². The number of unbranched alkanes of at least 4 members (excludes halogenated alkanes) is 1. The maximum atomic E-state index is 12.2. The Bertz CT molecular complexity index is 436. The van der Waals surface area contributed by atoms with Crippen molar-refractivity contribution >= 4 is 11.6 Å². The minimum atomic E-state index is -0.111. The molecule has 0 aliphatic rings. The summed E-state index contributed by atoms with van der Waals surface area (Å²) in [5, 5.41) is 6.14. The topological polar surface area (TPSA) is 63.2 Å². The molecule has 1 heterocycles. The van der Waals surface area contributed by atoms with Gasteiger partial charge in [0.1, 0.15) is 0 Å². The number of hydrogen-bond acceptors (Lipinski definition) is 4. The maximum Gasteiger partial charge on any atom is 0.255 e. The molecule has 0 bridgehead atoms. The third kappa shape index (κ3) is 6.58. The van der Waals surface area contributed by atoms with Gasteiger partial charge in [-0.2, -0.15) is 0 Å². The van der Waals surface area contributed by atoms with Gasteiger partial charge in [-0.05, 0) is 25.8 Å². The number of hydrogen-bond donors (Lipinski definition) is 2. The average molecular weight is 293 g/mol. The zero-order valence-corrected chi connectivity index (χ0v) is 13.4. The van der Waals surface area contributed by atoms with Crippen molar-refractivity contribution in [2.24, 2.45) is 0 Å². The zero-order chi connectivity index (χ0) is 15.5. The number of anilines is 1. The number of nitrogens with zero attached hydrogens (tertiary/aromatic N) is 1. The van der Waals surface area contributed by atoms with E-state index in [1.165, 1.54) is 0 Å². The first-order chi connectivity index (χ1) is 10.2. The highest BCUT2D eigenvalue weighted by Gasteiger charge is 2.11. The maximum absolute atomic E-state index is 12.2. The van der Waals surface area contributed by atoms with E-state index in [2.05, 4.69) is 29.5 Å². The van der Waals surface area contributed by atoms with E-state index in [-0.39, 0.29) is 5.91 Å². The fourth-order valence-corrected chi connectivity index (χ4v) is 1.83. The van der Waals surface area contributed by atoms with E-state index in [0.29, 0.717) is 18.7 Å². The van der Waals surface area contributed by atoms with Crippen molar-refractivity contribution in [3.05, 3.63) is 23.5 Å². The minimum Gasteiger partial charge on any atom is -0.384 e. The summed E-state index contributed by atoms with van der Waals surface area (Å²) in [5.41, 5.74) is 2.32. The number of amides is 1. The normalized spacial score (nSPS) is 10.4. The molecule has 0 aliphatic carbocycles. The van der Waals surface area contributed by atoms with Gasteiger partial charge in [0.05, 0.1) is 17.9 Å². The Morgan fingerprint density at radius 1 is 1.24 bits per heavy atom. The molecule has 0 atom stereocenters. The highest BCUT2D eigenvalue weighted by atomic mass is 16.5. The van der Waals surface area contributed by atoms with Crippen LogP contribution >= 0.6 is 0 Å². The van der Waals surface area contributed by atoms with Gasteiger partial charge in [0.25, 0.3) is 5.91 Å². The van der Waals surface area contributed by atoms with Gasteiger partial charge in [0, 0.05) is 31.6 Å². The molecule has 2 N–H and O–H groups in total. The number of pyridine rings is 1. The van der Waals surface area contributed by atoms with E-state index in [1.54, 1.807) is 6.20 Å². The Morgan fingerprint density at radius 2 is 2.05 bits per heavy atom. The number of ether oxygens (including phenoxy) is 1. The Labute approximate surface area is 127 Å². The monoisotopic (exact) mass is 293 g/mol. The lowest BCUT2D eigenvalue weighted by molar-refractivity contribution is 0.0913. The van der Waals surface area contributed by atoms with Gasteiger partial charge in [-0.1, -0.05) is 20.3 Å². The van der Waals surface area contributed by atoms with Gasteiger partial charge >= 0.3 is 0 Å². The lowest BCUT2D eigenvalue weighted by Crippen LogP contribution is -2.28. The van der Waals surface area contributed by atoms with E-state index in [1.807, 2.05) is 13.0 Å². The summed E-state index contributed by atoms with van der Waals surface area (Å²) in [7, 11) is 0. The molecule has 1 amide bonds. The fraction of sp³-hybridized carbons (Fsp3) is 0.625. The number of rotatable bonds is 10. The first kappa shape index (κ1) is 17.4. The third-order valence-corrected chi connectivity index (χ3v) is 3.02. The average Bonchev–Trinajstić information content (AvgIpc) is 2.48. The van der Waals surface area contributed by atoms with Crippen LogP contribution in [0.1, 0.15) is 49.2 Å². The standard InChI is InChI=1S/C16H27N3O2/c1-4-6-9-21-10-8-18-16(20)14-12-19-13(3)11-15(14)17-7-5-2/h11-12H,4-10H2,1-3H3,(H,17,19)(H,18,20). The second kappa shape index (κ2) is 10.2. The molecular weight excluding hydrogens is 266 g/mol. The highest BCUT2D eigenvalue weighted by Crippen LogP contribution is 2.15. The molecule has 5 heteroatoms. The van der Waals surface area contributed by atoms with E-state index >= 15 is 0 Å². The summed E-state index contributed by atoms with van der Waals surface area (Å²) in [5.74, 6) is -0.111. The molecule has 0 aromatic carbocycles. The summed E-state index contributed by atoms with van der Waals surface area (Å²) < 4.78 is 5.43. The van der Waals surface area contributed by atoms with Gasteiger partial charge in [0.15, 0.2) is 0 Å². The van der Waals surface area contributed by atoms with Crippen molar-refractivity contribution in [2.45, 2.75) is 40.0 Å². The second-order valence-electron chi connectivity index (χ2n) is 5.02. The van der Waals surface area contributed by atoms with Gasteiger partial charge in [-0.3, -0.25) is 9.78 Å². The van der Waals surface area contributed by atoms with Crippen molar-refractivity contribution in [3.8, 4) is 0 Å². The molecule has 0 saturated carbocycles. The van der Waals surface area contributed by atoms with Gasteiger partial charge in [-0.15, -0.1) is 0 Å². The van der Waals surface area contributed by atoms with Crippen LogP contribution in [0.3, 0.4) is 0 Å². The molecule has 1 rings (SSSR count). The number of aromatic nitrogens is 1. The van der Waals surface area contributed by atoms with Crippen LogP contribution in [0.15, 0.2) is 12.3 Å². The number of carbonyl (C=O) groups excluding carboxylic acids is 1. The predicted octanol–water partition coefficient (Wildman–Crippen LogP) is 2.76. The molecular formula is C16H27N3O2. The second-order valence-corrected chi connectivity index (χ2v) is 5.02. The first-order valence-corrected chi connectivity index (χ1v) is 7.75. The summed E-state index contributed by atoms with van der Waals surface area (Å²) in [6.07, 6.45) is 4.81. The molecule has 0 unspecified atom stereocenters. The molecule has 1 aromatic rings. The van der Waals surface area contributed by atoms with Crippen LogP contribution in [-0.4, -0.2) is 37.2 Å². The van der Waals surface area contributed by atoms with Crippen LogP contribution < -0.4 is 10.6 Å². The van der Waals surface area contributed by atoms with Crippen LogP contribution in [-0.2, 0) is 4.74 Å². The molecule has 0 spiro atoms. The van der Waals surface area contributed by atoms with Crippen LogP contribution in [0.25, 0.3) is 0 Å². The van der Waals surface area contributed by atoms with Crippen molar-refractivity contribution in [1.82, 2.24) is 10.3 Å². The molecule has 5 nitrogen and oxygen atoms in total. The van der Waals surface area contributed by atoms with Crippen molar-refractivity contribution < 1.29 is 9.53 Å². The van der Waals surface area contributed by atoms with E-state index in [0.717, 1.165) is 43.8 Å². The number of carbonyl (C=O) groups is 1. The Kier molecular flexibility index (Phi) is 8.43. The fourth-order valence-electron chi connectivity index (χ4n) is 1.83. The predicted molar refractivity (Wildman–Crippen MR) is 85.8 cm³/mol. The van der Waals surface area contributed by atoms with E-state index in [9.17, 15) is 4.79 Å². The summed E-state index contributed by atoms with van der Waals surface area (Å²) in [6, 6.07) is 1.91. The summed E-state index contributed by atoms with van der Waals surface area (Å²) >= 11 is 0. The van der Waals surface area contributed by atoms with E-state index in [4.69, 9.17) is 4.74 Å². The Morgan fingerprint density at radius 3 is 2.76 bits per heavy atom. The van der Waals surface area contributed by atoms with Crippen molar-refractivity contribution in [2.75, 3.05) is 31.6 Å². The largest absolute Gasteiger partial charge is 0.384 e. The Balaban J connectivity index is 2.48. The summed E-state index contributed by atoms with van der Waals surface area (Å²) in [4.78, 5) is 16.4. The lowest BCUT2D eigenvalue weighted by Gasteiger charge is -2.12. The number of nitrogens with one attached hydrogen (secondary N) is 2. The number of aryl methyl sites for hydroxylation is 1. The van der Waals surface area contributed by atoms with Gasteiger partial charge in [0.2, 0.25) is 0 Å². The molecule has 1 aromatic heterocycles. The quantitative estimate of drug-likeness (QED) is 0.651. The van der Waals surface area contributed by atoms with E-state index < -0.39 is 0 Å². The molecule has 0 aliphatic heterocycles. The zero-order valence-electron chi connectivity index (χ0n) is 13.4. The van der Waals surface area contributed by atoms with Gasteiger partial charge in [-0.25, -0.2) is 0 Å². The first-order valence-electron chi connectivity index (χ1n) is 7.75. The van der Waals surface area contributed by atoms with Crippen molar-refractivity contribution in [3.63, 3.8) is 0 Å². The van der Waals surface area contributed by atoms with Crippen LogP contribution in [0.5, 0.6) is 0 Å². The lowest BCUT2D eigenvalue weighted by atomic mass is 10.2. The van der Waals surface area contributed by atoms with Crippen molar-refractivity contribution in [1.29, 1.82) is 0 Å². The molecule has 118 valence electrons. The molecule has 0 radical (unpaired) electrons. The minimum absolute atomic E-state index is 0.111. The Hall–Kier alpha value is -1.62.